The Hall–Kier alpha value is -7.62. The number of methoxy groups -OCH3 is 5. The summed E-state index contributed by atoms with van der Waals surface area (Å²) in [6.45, 7) is 9.20. The number of ether oxygens (including phenoxy) is 8. The molecule has 0 fully saturated rings. The molecule has 0 spiro atoms. The molecule has 0 amide bonds. The lowest BCUT2D eigenvalue weighted by atomic mass is 10.2. The van der Waals surface area contributed by atoms with Gasteiger partial charge in [-0.3, -0.25) is 13.7 Å². The Morgan fingerprint density at radius 1 is 0.477 bits per heavy atom. The first kappa shape index (κ1) is 67.9. The average Bonchev–Trinajstić information content (AvgIpc) is 3.63. The van der Waals surface area contributed by atoms with Crippen molar-refractivity contribution >= 4 is 85.0 Å². The topological polar surface area (TPSA) is 362 Å². The molecule has 0 aliphatic heterocycles. The molecule has 3 atom stereocenters. The zero-order valence-electron chi connectivity index (χ0n) is 49.9. The number of nitrogens with zero attached hydrogens (tertiary/aromatic N) is 12. The van der Waals surface area contributed by atoms with Crippen LogP contribution >= 0.6 is 33.7 Å². The summed E-state index contributed by atoms with van der Waals surface area (Å²) in [4.78, 5) is 37.2. The summed E-state index contributed by atoms with van der Waals surface area (Å²) in [5.41, 5.74) is 23.7. The lowest BCUT2D eigenvalue weighted by molar-refractivity contribution is 0.153. The molecular formula is C54H70ClFN15O14P3. The van der Waals surface area contributed by atoms with Crippen LogP contribution < -0.4 is 40.9 Å². The molecule has 0 radical (unpaired) electrons. The number of aryl methyl sites for hydroxylation is 1. The molecule has 0 bridgehead atoms. The minimum Gasteiger partial charge on any atom is -0.495 e. The lowest BCUT2D eigenvalue weighted by Crippen LogP contribution is -2.08. The van der Waals surface area contributed by atoms with Gasteiger partial charge in [0.05, 0.1) is 99.2 Å². The number of fused-ring (bicyclic) bond motifs is 3. The quantitative estimate of drug-likeness (QED) is 0.0291. The molecule has 0 aliphatic rings. The number of hydrogen-bond acceptors (Lipinski definition) is 26. The summed E-state index contributed by atoms with van der Waals surface area (Å²) in [5.74, 6) is 1.39. The van der Waals surface area contributed by atoms with E-state index in [1.807, 2.05) is 31.2 Å². The van der Waals surface area contributed by atoms with Crippen LogP contribution in [-0.4, -0.2) is 153 Å². The number of nitrogens with two attached hydrogens (primary N) is 3. The van der Waals surface area contributed by atoms with Crippen molar-refractivity contribution in [2.75, 3.05) is 112 Å². The summed E-state index contributed by atoms with van der Waals surface area (Å²) in [6.07, 6.45) is 4.71. The SMILES string of the molecule is COc1ccc(COP(C)(=O)COCCn2cnc3c(OC)nc(N)nc32)cc1Cl.COc1ccc(COP(C)(=O)COCCn2cnc3c(OC)nc(N)nc32)cc1F.COc1nc(N)nc2c1ncn2CCOCP(C)(=O)OCc1ccc(C)cc1. The van der Waals surface area contributed by atoms with Gasteiger partial charge in [-0.2, -0.15) is 29.9 Å². The molecule has 6 N–H and O–H groups in total. The Bertz CT molecular complexity index is 3770. The van der Waals surface area contributed by atoms with Gasteiger partial charge in [-0.05, 0) is 47.9 Å². The van der Waals surface area contributed by atoms with E-state index in [4.69, 9.17) is 80.3 Å². The van der Waals surface area contributed by atoms with E-state index in [-0.39, 0.29) is 69.1 Å². The second-order valence-corrected chi connectivity index (χ2v) is 27.5. The van der Waals surface area contributed by atoms with Crippen molar-refractivity contribution in [3.8, 4) is 29.1 Å². The Balaban J connectivity index is 0.000000188. The predicted molar refractivity (Wildman–Crippen MR) is 328 cm³/mol. The third-order valence-corrected chi connectivity index (χ3v) is 16.7. The number of hydrogen-bond donors (Lipinski definition) is 3. The van der Waals surface area contributed by atoms with Gasteiger partial charge >= 0.3 is 0 Å². The zero-order valence-corrected chi connectivity index (χ0v) is 53.3. The van der Waals surface area contributed by atoms with Gasteiger partial charge in [0.2, 0.25) is 57.6 Å². The molecule has 0 saturated heterocycles. The normalized spacial score (nSPS) is 13.4. The Labute approximate surface area is 511 Å². The van der Waals surface area contributed by atoms with Gasteiger partial charge in [0.25, 0.3) is 0 Å². The first-order chi connectivity index (χ1) is 42.0. The van der Waals surface area contributed by atoms with Crippen molar-refractivity contribution < 1.29 is 69.6 Å². The van der Waals surface area contributed by atoms with Gasteiger partial charge < -0.3 is 82.4 Å². The first-order valence-corrected chi connectivity index (χ1v) is 33.8. The number of halogens is 2. The standard InChI is InChI=1S/C18H23ClN5O5P.C18H23FN5O5P.C18H24N5O4P/c2*1-26-14-5-4-12(8-13(14)19)9-29-30(3,25)11-28-7-6-24-10-21-15-16(24)22-18(20)23-17(15)27-2;1-13-4-6-14(7-5-13)10-27-28(3,24)12-26-9-8-23-11-20-15-16(23)21-18(19)22-17(15)25-2/h2*4-5,8,10H,6-7,9,11H2,1-3H3,(H2,20,22,23);4-7,11H,8-10,12H2,1-3H3,(H2,19,21,22). The van der Waals surface area contributed by atoms with Crippen LogP contribution in [0.5, 0.6) is 29.1 Å². The van der Waals surface area contributed by atoms with Gasteiger partial charge in [-0.15, -0.1) is 0 Å². The van der Waals surface area contributed by atoms with E-state index in [1.54, 1.807) is 70.7 Å². The number of aromatic nitrogens is 12. The summed E-state index contributed by atoms with van der Waals surface area (Å²) in [6, 6.07) is 17.6. The van der Waals surface area contributed by atoms with Gasteiger partial charge in [0.15, 0.2) is 45.1 Å². The molecular weight excluding hydrogens is 1230 g/mol. The van der Waals surface area contributed by atoms with Crippen molar-refractivity contribution in [1.82, 2.24) is 58.6 Å². The van der Waals surface area contributed by atoms with Crippen LogP contribution in [0.4, 0.5) is 22.2 Å². The first-order valence-electron chi connectivity index (χ1n) is 26.7. The minimum atomic E-state index is -3.03. The molecule has 474 valence electrons. The molecule has 0 aliphatic carbocycles. The highest BCUT2D eigenvalue weighted by Gasteiger charge is 2.22. The van der Waals surface area contributed by atoms with Crippen LogP contribution in [-0.2, 0) is 80.9 Å². The molecule has 9 aromatic rings. The molecule has 3 aromatic carbocycles. The van der Waals surface area contributed by atoms with Crippen molar-refractivity contribution in [3.05, 3.63) is 113 Å². The highest BCUT2D eigenvalue weighted by atomic mass is 35.5. The molecule has 9 rings (SSSR count). The zero-order chi connectivity index (χ0) is 63.6. The fourth-order valence-corrected chi connectivity index (χ4v) is 11.1. The van der Waals surface area contributed by atoms with Gasteiger partial charge in [-0.25, -0.2) is 19.3 Å². The van der Waals surface area contributed by atoms with Gasteiger partial charge in [-0.1, -0.05) is 53.6 Å². The monoisotopic (exact) mass is 1300 g/mol. The molecule has 6 aromatic heterocycles. The maximum atomic E-state index is 13.7. The Kier molecular flexibility index (Phi) is 24.3. The van der Waals surface area contributed by atoms with Crippen LogP contribution in [0, 0.1) is 12.7 Å². The van der Waals surface area contributed by atoms with Crippen LogP contribution in [0.1, 0.15) is 22.3 Å². The number of rotatable bonds is 29. The average molecular weight is 1300 g/mol. The van der Waals surface area contributed by atoms with Crippen LogP contribution in [0.15, 0.2) is 79.6 Å². The van der Waals surface area contributed by atoms with E-state index in [2.05, 4.69) is 44.9 Å². The number of nitrogen functional groups attached to an aromatic ring is 3. The van der Waals surface area contributed by atoms with Gasteiger partial charge in [0.1, 0.15) is 24.8 Å². The molecule has 34 heteroatoms. The second kappa shape index (κ2) is 31.5. The van der Waals surface area contributed by atoms with E-state index in [0.717, 1.165) is 11.1 Å². The maximum absolute atomic E-state index is 13.7. The molecule has 29 nitrogen and oxygen atoms in total. The summed E-state index contributed by atoms with van der Waals surface area (Å²) in [7, 11) is -1.46. The summed E-state index contributed by atoms with van der Waals surface area (Å²) < 4.78 is 115. The number of anilines is 3. The third kappa shape index (κ3) is 19.4. The van der Waals surface area contributed by atoms with E-state index in [0.29, 0.717) is 100 Å². The maximum Gasteiger partial charge on any atom is 0.246 e. The highest BCUT2D eigenvalue weighted by molar-refractivity contribution is 7.58. The van der Waals surface area contributed by atoms with Crippen molar-refractivity contribution in [1.29, 1.82) is 0 Å². The molecule has 0 saturated carbocycles. The van der Waals surface area contributed by atoms with E-state index in [1.165, 1.54) is 59.5 Å². The lowest BCUT2D eigenvalue weighted by Gasteiger charge is -2.15. The largest absolute Gasteiger partial charge is 0.495 e. The summed E-state index contributed by atoms with van der Waals surface area (Å²) in [5, 5.41) is 0.467. The molecule has 88 heavy (non-hydrogen) atoms. The van der Waals surface area contributed by atoms with Crippen molar-refractivity contribution in [3.63, 3.8) is 0 Å². The molecule has 3 unspecified atom stereocenters. The van der Waals surface area contributed by atoms with Crippen molar-refractivity contribution in [2.24, 2.45) is 0 Å². The van der Waals surface area contributed by atoms with E-state index in [9.17, 15) is 18.1 Å². The van der Waals surface area contributed by atoms with Crippen LogP contribution in [0.2, 0.25) is 5.02 Å². The second-order valence-electron chi connectivity index (χ2n) is 19.5. The predicted octanol–water partition coefficient (Wildman–Crippen LogP) is 8.67. The van der Waals surface area contributed by atoms with Gasteiger partial charge in [0, 0.05) is 39.6 Å². The number of benzene rings is 3. The minimum absolute atomic E-state index is 0.000200. The number of imidazole rings is 3. The fourth-order valence-electron chi connectivity index (χ4n) is 7.93. The van der Waals surface area contributed by atoms with Crippen LogP contribution in [0.3, 0.4) is 0 Å². The fraction of sp³-hybridized carbons (Fsp3) is 0.389. The van der Waals surface area contributed by atoms with E-state index < -0.39 is 27.9 Å². The van der Waals surface area contributed by atoms with E-state index >= 15 is 0 Å². The van der Waals surface area contributed by atoms with Crippen LogP contribution in [0.25, 0.3) is 33.5 Å². The Morgan fingerprint density at radius 3 is 1.16 bits per heavy atom. The summed E-state index contributed by atoms with van der Waals surface area (Å²) >= 11 is 6.09. The third-order valence-electron chi connectivity index (χ3n) is 12.4. The Morgan fingerprint density at radius 2 is 0.818 bits per heavy atom. The highest BCUT2D eigenvalue weighted by Crippen LogP contribution is 2.45. The smallest absolute Gasteiger partial charge is 0.246 e. The molecule has 6 heterocycles. The van der Waals surface area contributed by atoms with Crippen molar-refractivity contribution in [2.45, 2.75) is 46.4 Å².